The zero-order valence-corrected chi connectivity index (χ0v) is 22.8. The summed E-state index contributed by atoms with van der Waals surface area (Å²) in [7, 11) is 3.08. The van der Waals surface area contributed by atoms with E-state index in [1.54, 1.807) is 83.3 Å². The maximum Gasteiger partial charge on any atom is 0.434 e. The molecule has 0 aliphatic carbocycles. The highest BCUT2D eigenvalue weighted by molar-refractivity contribution is 6.08. The molecule has 0 radical (unpaired) electrons. The van der Waals surface area contributed by atoms with Gasteiger partial charge < -0.3 is 24.1 Å². The Morgan fingerprint density at radius 1 is 0.769 bits per heavy atom. The molecule has 0 heterocycles. The van der Waals surface area contributed by atoms with E-state index >= 15 is 0 Å². The van der Waals surface area contributed by atoms with Gasteiger partial charge in [0, 0.05) is 0 Å². The minimum Gasteiger partial charge on any atom is -0.506 e. The lowest BCUT2D eigenvalue weighted by molar-refractivity contribution is -0.113. The van der Waals surface area contributed by atoms with Crippen molar-refractivity contribution in [2.75, 3.05) is 14.2 Å². The molecule has 0 spiro atoms. The summed E-state index contributed by atoms with van der Waals surface area (Å²) in [4.78, 5) is 38.8. The summed E-state index contributed by atoms with van der Waals surface area (Å²) in [6.07, 6.45) is 2.15. The van der Waals surface area contributed by atoms with Crippen molar-refractivity contribution in [2.24, 2.45) is 0 Å². The lowest BCUT2D eigenvalue weighted by Gasteiger charge is -2.25. The number of methoxy groups -OCH3 is 2. The monoisotopic (exact) mass is 538 g/mol. The van der Waals surface area contributed by atoms with E-state index in [1.807, 2.05) is 0 Å². The van der Waals surface area contributed by atoms with Gasteiger partial charge >= 0.3 is 12.2 Å². The molecule has 2 rings (SSSR count). The summed E-state index contributed by atoms with van der Waals surface area (Å²) >= 11 is 0. The molecule has 208 valence electrons. The Hall–Kier alpha value is -4.73. The van der Waals surface area contributed by atoms with Crippen LogP contribution in [-0.4, -0.2) is 54.5 Å². The summed E-state index contributed by atoms with van der Waals surface area (Å²) in [5.74, 6) is -0.133. The first-order valence-electron chi connectivity index (χ1n) is 12.1. The molecule has 0 saturated heterocycles. The molecule has 39 heavy (non-hydrogen) atoms. The van der Waals surface area contributed by atoms with Gasteiger partial charge in [0.25, 0.3) is 0 Å². The number of ketones is 1. The van der Waals surface area contributed by atoms with E-state index in [0.29, 0.717) is 27.6 Å². The van der Waals surface area contributed by atoms with Gasteiger partial charge in [0.15, 0.2) is 5.70 Å². The highest BCUT2D eigenvalue weighted by Gasteiger charge is 2.30. The molecule has 0 bridgehead atoms. The van der Waals surface area contributed by atoms with Crippen LogP contribution in [0.5, 0.6) is 11.5 Å². The number of carbonyl (C=O) groups is 3. The van der Waals surface area contributed by atoms with Crippen molar-refractivity contribution in [3.63, 3.8) is 0 Å². The molecule has 0 aromatic heterocycles. The van der Waals surface area contributed by atoms with E-state index in [4.69, 9.17) is 18.9 Å². The molecule has 0 aliphatic heterocycles. The zero-order chi connectivity index (χ0) is 28.9. The number of carbonyl (C=O) groups excluding carboxylic acids is 3. The van der Waals surface area contributed by atoms with Gasteiger partial charge in [-0.3, -0.25) is 4.79 Å². The van der Waals surface area contributed by atoms with Crippen LogP contribution in [-0.2, 0) is 14.3 Å². The molecule has 10 heteroatoms. The predicted octanol–water partition coefficient (Wildman–Crippen LogP) is 5.67. The van der Waals surface area contributed by atoms with Crippen LogP contribution in [0.2, 0.25) is 0 Å². The highest BCUT2D eigenvalue weighted by Crippen LogP contribution is 2.18. The van der Waals surface area contributed by atoms with E-state index in [-0.39, 0.29) is 0 Å². The summed E-state index contributed by atoms with van der Waals surface area (Å²) in [5, 5.41) is 11.5. The van der Waals surface area contributed by atoms with Crippen molar-refractivity contribution in [2.45, 2.75) is 39.9 Å². The van der Waals surface area contributed by atoms with Gasteiger partial charge in [-0.05, 0) is 75.2 Å². The molecule has 0 aliphatic rings. The molecule has 0 unspecified atom stereocenters. The third-order valence-electron chi connectivity index (χ3n) is 4.86. The van der Waals surface area contributed by atoms with Crippen LogP contribution >= 0.6 is 0 Å². The quantitative estimate of drug-likeness (QED) is 0.172. The first kappa shape index (κ1) is 30.5. The number of ether oxygens (including phenoxy) is 4. The van der Waals surface area contributed by atoms with Gasteiger partial charge in [0.05, 0.1) is 26.4 Å². The summed E-state index contributed by atoms with van der Waals surface area (Å²) < 4.78 is 20.6. The van der Waals surface area contributed by atoms with E-state index < -0.39 is 41.6 Å². The Morgan fingerprint density at radius 2 is 1.23 bits per heavy atom. The van der Waals surface area contributed by atoms with Crippen LogP contribution in [0.4, 0.5) is 9.59 Å². The Labute approximate surface area is 228 Å². The fourth-order valence-corrected chi connectivity index (χ4v) is 3.06. The lowest BCUT2D eigenvalue weighted by Crippen LogP contribution is -2.49. The first-order valence-corrected chi connectivity index (χ1v) is 12.1. The van der Waals surface area contributed by atoms with Gasteiger partial charge in [0.2, 0.25) is 5.78 Å². The van der Waals surface area contributed by atoms with E-state index in [2.05, 4.69) is 5.43 Å². The molecule has 2 amide bonds. The maximum absolute atomic E-state index is 13.4. The van der Waals surface area contributed by atoms with E-state index in [0.717, 1.165) is 6.08 Å². The summed E-state index contributed by atoms with van der Waals surface area (Å²) in [5.41, 5.74) is 2.97. The number of rotatable bonds is 10. The number of benzene rings is 2. The highest BCUT2D eigenvalue weighted by atomic mass is 16.6. The molecule has 2 aromatic carbocycles. The van der Waals surface area contributed by atoms with Gasteiger partial charge in [-0.25, -0.2) is 15.0 Å². The second kappa shape index (κ2) is 14.9. The largest absolute Gasteiger partial charge is 0.506 e. The van der Waals surface area contributed by atoms with Crippen molar-refractivity contribution >= 4 is 30.1 Å². The SMILES string of the molecule is COc1ccc(/C=C/C(=O)/C(=C(O)/C=C/c2ccc(OC)cc2)N(NC(=O)OC(C)C)C(=O)OC(C)C)cc1. The number of allylic oxidation sites excluding steroid dienone is 2. The molecule has 2 aromatic rings. The Bertz CT molecular complexity index is 1210. The minimum atomic E-state index is -1.10. The first-order chi connectivity index (χ1) is 18.5. The second-order valence-corrected chi connectivity index (χ2v) is 8.64. The van der Waals surface area contributed by atoms with Crippen molar-refractivity contribution in [3.8, 4) is 11.5 Å². The third-order valence-corrected chi connectivity index (χ3v) is 4.86. The van der Waals surface area contributed by atoms with Gasteiger partial charge in [-0.2, -0.15) is 5.01 Å². The molecule has 10 nitrogen and oxygen atoms in total. The predicted molar refractivity (Wildman–Crippen MR) is 147 cm³/mol. The Morgan fingerprint density at radius 3 is 1.67 bits per heavy atom. The molecule has 0 atom stereocenters. The molecule has 0 saturated carbocycles. The topological polar surface area (TPSA) is 124 Å². The van der Waals surface area contributed by atoms with Crippen LogP contribution in [0.3, 0.4) is 0 Å². The number of hydrogen-bond donors (Lipinski definition) is 2. The van der Waals surface area contributed by atoms with Crippen LogP contribution < -0.4 is 14.9 Å². The van der Waals surface area contributed by atoms with Gasteiger partial charge in [-0.15, -0.1) is 0 Å². The average molecular weight is 539 g/mol. The van der Waals surface area contributed by atoms with E-state index in [1.165, 1.54) is 25.3 Å². The Kier molecular flexibility index (Phi) is 11.6. The fourth-order valence-electron chi connectivity index (χ4n) is 3.06. The normalized spacial score (nSPS) is 11.9. The molecule has 0 fully saturated rings. The zero-order valence-electron chi connectivity index (χ0n) is 22.8. The number of nitrogens with one attached hydrogen (secondary N) is 1. The van der Waals surface area contributed by atoms with Gasteiger partial charge in [0.1, 0.15) is 17.3 Å². The number of aliphatic hydroxyl groups excluding tert-OH is 1. The molecule has 2 N–H and O–H groups in total. The molecular formula is C29H34N2O8. The van der Waals surface area contributed by atoms with Crippen LogP contribution in [0.15, 0.2) is 72.1 Å². The van der Waals surface area contributed by atoms with Crippen molar-refractivity contribution in [3.05, 3.63) is 83.3 Å². The number of aliphatic hydroxyl groups is 1. The van der Waals surface area contributed by atoms with E-state index in [9.17, 15) is 19.5 Å². The van der Waals surface area contributed by atoms with Crippen molar-refractivity contribution < 1.29 is 38.4 Å². The average Bonchev–Trinajstić information content (AvgIpc) is 2.90. The second-order valence-electron chi connectivity index (χ2n) is 8.64. The number of hydrogen-bond acceptors (Lipinski definition) is 8. The maximum atomic E-state index is 13.4. The van der Waals surface area contributed by atoms with Crippen LogP contribution in [0, 0.1) is 0 Å². The smallest absolute Gasteiger partial charge is 0.434 e. The molecular weight excluding hydrogens is 504 g/mol. The number of hydrazine groups is 1. The fraction of sp³-hybridized carbons (Fsp3) is 0.276. The third kappa shape index (κ3) is 9.92. The summed E-state index contributed by atoms with van der Waals surface area (Å²) in [6.45, 7) is 6.43. The Balaban J connectivity index is 2.54. The van der Waals surface area contributed by atoms with Crippen molar-refractivity contribution in [1.82, 2.24) is 10.4 Å². The van der Waals surface area contributed by atoms with Crippen LogP contribution in [0.25, 0.3) is 12.2 Å². The summed E-state index contributed by atoms with van der Waals surface area (Å²) in [6, 6.07) is 13.8. The van der Waals surface area contributed by atoms with Crippen molar-refractivity contribution in [1.29, 1.82) is 0 Å². The number of amides is 2. The standard InChI is InChI=1S/C29H34N2O8/c1-19(2)38-28(34)30-31(29(35)39-20(3)4)27(25(32)17-11-21-7-13-23(36-5)14-8-21)26(33)18-12-22-9-15-24(37-6)16-10-22/h7-20,32H,1-6H3,(H,30,34)/b17-11+,18-12+,27-25+. The van der Waals surface area contributed by atoms with Crippen LogP contribution in [0.1, 0.15) is 38.8 Å². The number of nitrogens with zero attached hydrogens (tertiary/aromatic N) is 1. The minimum absolute atomic E-state index is 0.519. The lowest BCUT2D eigenvalue weighted by atomic mass is 10.1. The van der Waals surface area contributed by atoms with Gasteiger partial charge in [-0.1, -0.05) is 36.4 Å².